The zero-order valence-electron chi connectivity index (χ0n) is 12.1. The van der Waals surface area contributed by atoms with E-state index in [1.165, 1.54) is 5.56 Å². The van der Waals surface area contributed by atoms with Crippen LogP contribution in [0.1, 0.15) is 36.7 Å². The number of benzene rings is 2. The van der Waals surface area contributed by atoms with E-state index < -0.39 is 0 Å². The van der Waals surface area contributed by atoms with Crippen molar-refractivity contribution in [2.24, 2.45) is 5.84 Å². The van der Waals surface area contributed by atoms with Crippen LogP contribution in [0.3, 0.4) is 0 Å². The van der Waals surface area contributed by atoms with Gasteiger partial charge in [0.2, 0.25) is 0 Å². The molecule has 3 N–H and O–H groups in total. The molecule has 0 saturated carbocycles. The van der Waals surface area contributed by atoms with E-state index in [-0.39, 0.29) is 11.3 Å². The van der Waals surface area contributed by atoms with Crippen LogP contribution in [-0.2, 0) is 5.41 Å². The van der Waals surface area contributed by atoms with Gasteiger partial charge in [0, 0.05) is 5.56 Å². The third kappa shape index (κ3) is 2.89. The molecule has 2 aromatic rings. The highest BCUT2D eigenvalue weighted by atomic mass is 16.2. The van der Waals surface area contributed by atoms with Gasteiger partial charge in [-0.25, -0.2) is 5.84 Å². The van der Waals surface area contributed by atoms with Gasteiger partial charge in [-0.15, -0.1) is 0 Å². The third-order valence-corrected chi connectivity index (χ3v) is 3.36. The number of nitrogens with two attached hydrogens (primary N) is 1. The van der Waals surface area contributed by atoms with E-state index in [0.717, 1.165) is 11.1 Å². The van der Waals surface area contributed by atoms with Gasteiger partial charge in [-0.1, -0.05) is 63.2 Å². The Kier molecular flexibility index (Phi) is 3.91. The van der Waals surface area contributed by atoms with E-state index in [0.29, 0.717) is 5.56 Å². The number of nitrogens with one attached hydrogen (secondary N) is 1. The largest absolute Gasteiger partial charge is 0.290 e. The van der Waals surface area contributed by atoms with Crippen LogP contribution in [-0.4, -0.2) is 5.91 Å². The molecule has 0 unspecified atom stereocenters. The maximum atomic E-state index is 11.8. The van der Waals surface area contributed by atoms with Crippen molar-refractivity contribution >= 4 is 5.91 Å². The molecule has 0 fully saturated rings. The van der Waals surface area contributed by atoms with E-state index in [1.807, 2.05) is 30.3 Å². The zero-order valence-corrected chi connectivity index (χ0v) is 12.1. The lowest BCUT2D eigenvalue weighted by Gasteiger charge is -2.19. The van der Waals surface area contributed by atoms with Gasteiger partial charge in [-0.05, 0) is 28.2 Å². The third-order valence-electron chi connectivity index (χ3n) is 3.36. The number of hydrogen-bond donors (Lipinski definition) is 2. The summed E-state index contributed by atoms with van der Waals surface area (Å²) in [5.74, 6) is 4.96. The molecule has 0 heterocycles. The molecule has 20 heavy (non-hydrogen) atoms. The van der Waals surface area contributed by atoms with Gasteiger partial charge in [0.25, 0.3) is 5.91 Å². The summed E-state index contributed by atoms with van der Waals surface area (Å²) < 4.78 is 0. The second-order valence-corrected chi connectivity index (χ2v) is 5.85. The molecule has 0 saturated heterocycles. The number of rotatable bonds is 2. The van der Waals surface area contributed by atoms with E-state index >= 15 is 0 Å². The minimum absolute atomic E-state index is 0.118. The highest BCUT2D eigenvalue weighted by Crippen LogP contribution is 2.28. The van der Waals surface area contributed by atoms with Crippen molar-refractivity contribution in [3.05, 3.63) is 59.7 Å². The molecule has 0 atom stereocenters. The van der Waals surface area contributed by atoms with Gasteiger partial charge in [-0.2, -0.15) is 0 Å². The van der Waals surface area contributed by atoms with Gasteiger partial charge in [0.05, 0.1) is 0 Å². The minimum Gasteiger partial charge on any atom is -0.290 e. The molecule has 0 aromatic heterocycles. The Morgan fingerprint density at radius 3 is 2.15 bits per heavy atom. The van der Waals surface area contributed by atoms with Gasteiger partial charge in [0.1, 0.15) is 0 Å². The lowest BCUT2D eigenvalue weighted by atomic mass is 9.86. The Balaban J connectivity index is 2.45. The topological polar surface area (TPSA) is 55.1 Å². The van der Waals surface area contributed by atoms with Crippen molar-refractivity contribution in [3.8, 4) is 11.1 Å². The number of amides is 1. The van der Waals surface area contributed by atoms with Crippen LogP contribution in [0.2, 0.25) is 0 Å². The number of hydrogen-bond acceptors (Lipinski definition) is 2. The summed E-state index contributed by atoms with van der Waals surface area (Å²) in [6, 6.07) is 15.7. The van der Waals surface area contributed by atoms with Crippen LogP contribution in [0.25, 0.3) is 11.1 Å². The SMILES string of the molecule is CC(C)(C)c1ccc(-c2ccccc2C(=O)NN)cc1. The fourth-order valence-electron chi connectivity index (χ4n) is 2.16. The van der Waals surface area contributed by atoms with Gasteiger partial charge in [0.15, 0.2) is 0 Å². The Bertz CT molecular complexity index is 610. The highest BCUT2D eigenvalue weighted by molar-refractivity contribution is 6.00. The molecule has 0 bridgehead atoms. The molecule has 2 aromatic carbocycles. The lowest BCUT2D eigenvalue weighted by Crippen LogP contribution is -2.30. The summed E-state index contributed by atoms with van der Waals surface area (Å²) in [7, 11) is 0. The molecule has 3 nitrogen and oxygen atoms in total. The fraction of sp³-hybridized carbons (Fsp3) is 0.235. The quantitative estimate of drug-likeness (QED) is 0.499. The Labute approximate surface area is 119 Å². The predicted octanol–water partition coefficient (Wildman–Crippen LogP) is 3.25. The molecule has 0 spiro atoms. The number of carbonyl (C=O) groups is 1. The van der Waals surface area contributed by atoms with Crippen LogP contribution >= 0.6 is 0 Å². The van der Waals surface area contributed by atoms with Gasteiger partial charge < -0.3 is 0 Å². The van der Waals surface area contributed by atoms with Crippen LogP contribution in [0, 0.1) is 0 Å². The second kappa shape index (κ2) is 5.47. The number of hydrazine groups is 1. The predicted molar refractivity (Wildman–Crippen MR) is 82.2 cm³/mol. The van der Waals surface area contributed by atoms with E-state index in [9.17, 15) is 4.79 Å². The van der Waals surface area contributed by atoms with Crippen molar-refractivity contribution < 1.29 is 4.79 Å². The average Bonchev–Trinajstić information content (AvgIpc) is 2.45. The summed E-state index contributed by atoms with van der Waals surface area (Å²) in [6.07, 6.45) is 0. The van der Waals surface area contributed by atoms with E-state index in [2.05, 4.69) is 38.3 Å². The van der Waals surface area contributed by atoms with Crippen molar-refractivity contribution in [2.75, 3.05) is 0 Å². The summed E-state index contributed by atoms with van der Waals surface area (Å²) in [4.78, 5) is 11.8. The van der Waals surface area contributed by atoms with Crippen molar-refractivity contribution in [1.29, 1.82) is 0 Å². The summed E-state index contributed by atoms with van der Waals surface area (Å²) in [6.45, 7) is 6.54. The summed E-state index contributed by atoms with van der Waals surface area (Å²) >= 11 is 0. The lowest BCUT2D eigenvalue weighted by molar-refractivity contribution is 0.0954. The molecule has 0 aliphatic rings. The van der Waals surface area contributed by atoms with E-state index in [4.69, 9.17) is 5.84 Å². The zero-order chi connectivity index (χ0) is 14.8. The molecule has 3 heteroatoms. The first-order valence-corrected chi connectivity index (χ1v) is 6.64. The van der Waals surface area contributed by atoms with Crippen molar-refractivity contribution in [3.63, 3.8) is 0 Å². The van der Waals surface area contributed by atoms with Crippen LogP contribution in [0.5, 0.6) is 0 Å². The Morgan fingerprint density at radius 2 is 1.60 bits per heavy atom. The second-order valence-electron chi connectivity index (χ2n) is 5.85. The smallest absolute Gasteiger partial charge is 0.265 e. The first kappa shape index (κ1) is 14.3. The van der Waals surface area contributed by atoms with Crippen molar-refractivity contribution in [1.82, 2.24) is 5.43 Å². The molecule has 2 rings (SSSR count). The minimum atomic E-state index is -0.277. The monoisotopic (exact) mass is 268 g/mol. The van der Waals surface area contributed by atoms with Crippen LogP contribution < -0.4 is 11.3 Å². The standard InChI is InChI=1S/C17H20N2O/c1-17(2,3)13-10-8-12(9-11-13)14-6-4-5-7-15(14)16(20)19-18/h4-11H,18H2,1-3H3,(H,19,20). The summed E-state index contributed by atoms with van der Waals surface area (Å²) in [5.41, 5.74) is 6.05. The normalized spacial score (nSPS) is 11.2. The first-order valence-electron chi connectivity index (χ1n) is 6.64. The number of carbonyl (C=O) groups excluding carboxylic acids is 1. The molecule has 0 aliphatic carbocycles. The number of nitrogen functional groups attached to an aromatic ring is 1. The maximum Gasteiger partial charge on any atom is 0.265 e. The maximum absolute atomic E-state index is 11.8. The Morgan fingerprint density at radius 1 is 1.00 bits per heavy atom. The van der Waals surface area contributed by atoms with Crippen LogP contribution in [0.15, 0.2) is 48.5 Å². The van der Waals surface area contributed by atoms with Crippen LogP contribution in [0.4, 0.5) is 0 Å². The van der Waals surface area contributed by atoms with Gasteiger partial charge >= 0.3 is 0 Å². The molecule has 104 valence electrons. The Hall–Kier alpha value is -2.13. The first-order chi connectivity index (χ1) is 9.43. The average molecular weight is 268 g/mol. The molecular weight excluding hydrogens is 248 g/mol. The van der Waals surface area contributed by atoms with Crippen molar-refractivity contribution in [2.45, 2.75) is 26.2 Å². The van der Waals surface area contributed by atoms with E-state index in [1.54, 1.807) is 6.07 Å². The highest BCUT2D eigenvalue weighted by Gasteiger charge is 2.15. The molecule has 1 amide bonds. The molecule has 0 radical (unpaired) electrons. The van der Waals surface area contributed by atoms with Gasteiger partial charge in [-0.3, -0.25) is 10.2 Å². The fourth-order valence-corrected chi connectivity index (χ4v) is 2.16. The molecule has 0 aliphatic heterocycles. The molecular formula is C17H20N2O. The summed E-state index contributed by atoms with van der Waals surface area (Å²) in [5, 5.41) is 0.